The average Bonchev–Trinajstić information content (AvgIpc) is 2.80. The molecule has 0 unspecified atom stereocenters. The van der Waals surface area contributed by atoms with Gasteiger partial charge in [-0.1, -0.05) is 6.58 Å². The number of ether oxygens (including phenoxy) is 2. The van der Waals surface area contributed by atoms with E-state index in [-0.39, 0.29) is 35.4 Å². The normalized spacial score (nSPS) is 51.4. The molecule has 1 saturated heterocycles. The van der Waals surface area contributed by atoms with Gasteiger partial charge < -0.3 is 14.6 Å². The summed E-state index contributed by atoms with van der Waals surface area (Å²) in [5, 5.41) is 10.8. The highest BCUT2D eigenvalue weighted by Crippen LogP contribution is 2.56. The Labute approximate surface area is 120 Å². The van der Waals surface area contributed by atoms with Crippen LogP contribution in [0, 0.1) is 17.8 Å². The summed E-state index contributed by atoms with van der Waals surface area (Å²) >= 11 is 0. The predicted octanol–water partition coefficient (Wildman–Crippen LogP) is 2.06. The van der Waals surface area contributed by atoms with E-state index in [4.69, 9.17) is 9.47 Å². The number of hydrogen-bond acceptors (Lipinski definition) is 4. The lowest BCUT2D eigenvalue weighted by Crippen LogP contribution is -2.47. The van der Waals surface area contributed by atoms with E-state index in [1.807, 2.05) is 6.92 Å². The molecule has 0 spiro atoms. The molecule has 0 aromatic rings. The summed E-state index contributed by atoms with van der Waals surface area (Å²) in [5.41, 5.74) is -0.498. The van der Waals surface area contributed by atoms with E-state index < -0.39 is 5.60 Å². The Bertz CT molecular complexity index is 455. The summed E-state index contributed by atoms with van der Waals surface area (Å²) < 4.78 is 11.4. The van der Waals surface area contributed by atoms with Gasteiger partial charge in [0.1, 0.15) is 6.10 Å². The molecule has 1 heterocycles. The van der Waals surface area contributed by atoms with Crippen molar-refractivity contribution in [1.82, 2.24) is 0 Å². The smallest absolute Gasteiger partial charge is 0.334 e. The lowest BCUT2D eigenvalue weighted by atomic mass is 9.74. The van der Waals surface area contributed by atoms with Gasteiger partial charge in [-0.25, -0.2) is 4.79 Å². The zero-order valence-corrected chi connectivity index (χ0v) is 12.5. The van der Waals surface area contributed by atoms with E-state index in [0.717, 1.165) is 25.7 Å². The molecule has 0 amide bonds. The van der Waals surface area contributed by atoms with Crippen LogP contribution in [0.5, 0.6) is 0 Å². The van der Waals surface area contributed by atoms with Gasteiger partial charge in [0.15, 0.2) is 0 Å². The van der Waals surface area contributed by atoms with Crippen LogP contribution in [0.4, 0.5) is 0 Å². The maximum atomic E-state index is 11.8. The zero-order valence-electron chi connectivity index (χ0n) is 12.5. The molecule has 0 bridgehead atoms. The van der Waals surface area contributed by atoms with Crippen molar-refractivity contribution < 1.29 is 19.4 Å². The van der Waals surface area contributed by atoms with Crippen molar-refractivity contribution in [3.63, 3.8) is 0 Å². The van der Waals surface area contributed by atoms with Crippen molar-refractivity contribution >= 4 is 5.97 Å². The van der Waals surface area contributed by atoms with Crippen LogP contribution >= 0.6 is 0 Å². The van der Waals surface area contributed by atoms with Crippen LogP contribution in [0.3, 0.4) is 0 Å². The second-order valence-electron chi connectivity index (χ2n) is 7.09. The van der Waals surface area contributed by atoms with Crippen LogP contribution in [0.25, 0.3) is 0 Å². The Morgan fingerprint density at radius 2 is 2.05 bits per heavy atom. The second-order valence-corrected chi connectivity index (χ2v) is 7.09. The van der Waals surface area contributed by atoms with Crippen molar-refractivity contribution in [2.75, 3.05) is 7.11 Å². The van der Waals surface area contributed by atoms with Crippen molar-refractivity contribution in [3.05, 3.63) is 12.2 Å². The summed E-state index contributed by atoms with van der Waals surface area (Å²) in [6.07, 6.45) is 3.11. The van der Waals surface area contributed by atoms with Gasteiger partial charge in [-0.3, -0.25) is 0 Å². The van der Waals surface area contributed by atoms with Gasteiger partial charge in [0.05, 0.1) is 11.2 Å². The summed E-state index contributed by atoms with van der Waals surface area (Å²) in [7, 11) is 1.74. The zero-order chi connectivity index (χ0) is 14.7. The van der Waals surface area contributed by atoms with Gasteiger partial charge in [-0.05, 0) is 45.4 Å². The second kappa shape index (κ2) is 4.31. The van der Waals surface area contributed by atoms with Gasteiger partial charge in [0.2, 0.25) is 0 Å². The summed E-state index contributed by atoms with van der Waals surface area (Å²) in [6, 6.07) is 0. The minimum Gasteiger partial charge on any atom is -0.458 e. The van der Waals surface area contributed by atoms with Crippen LogP contribution in [0.1, 0.15) is 39.5 Å². The molecule has 4 heteroatoms. The fourth-order valence-corrected chi connectivity index (χ4v) is 4.67. The highest BCUT2D eigenvalue weighted by atomic mass is 16.6. The Hall–Kier alpha value is -0.870. The summed E-state index contributed by atoms with van der Waals surface area (Å²) in [6.45, 7) is 7.89. The Morgan fingerprint density at radius 1 is 1.35 bits per heavy atom. The molecule has 3 fully saturated rings. The molecule has 2 aliphatic carbocycles. The van der Waals surface area contributed by atoms with Crippen molar-refractivity contribution in [1.29, 1.82) is 0 Å². The molecule has 0 aromatic heterocycles. The number of esters is 1. The van der Waals surface area contributed by atoms with Crippen molar-refractivity contribution in [3.8, 4) is 0 Å². The molecule has 20 heavy (non-hydrogen) atoms. The Morgan fingerprint density at radius 3 is 2.70 bits per heavy atom. The van der Waals surface area contributed by atoms with E-state index in [2.05, 4.69) is 13.5 Å². The molecule has 3 rings (SSSR count). The third-order valence-corrected chi connectivity index (χ3v) is 6.02. The van der Waals surface area contributed by atoms with E-state index in [9.17, 15) is 9.90 Å². The van der Waals surface area contributed by atoms with E-state index in [0.29, 0.717) is 5.57 Å². The lowest BCUT2D eigenvalue weighted by Gasteiger charge is -2.40. The van der Waals surface area contributed by atoms with Gasteiger partial charge >= 0.3 is 5.97 Å². The molecular weight excluding hydrogens is 256 g/mol. The SMILES string of the molecule is C=C1C(=O)O[C@H]2[C@@H]3[C@@H](CC[C@@]3(C)O)[C@](C)(OC)CC[C@@H]12. The van der Waals surface area contributed by atoms with Crippen LogP contribution in [0.2, 0.25) is 0 Å². The van der Waals surface area contributed by atoms with Gasteiger partial charge in [-0.15, -0.1) is 0 Å². The lowest BCUT2D eigenvalue weighted by molar-refractivity contribution is -0.151. The van der Waals surface area contributed by atoms with Crippen molar-refractivity contribution in [2.45, 2.75) is 56.8 Å². The molecule has 1 N–H and O–H groups in total. The fraction of sp³-hybridized carbons (Fsp3) is 0.812. The predicted molar refractivity (Wildman–Crippen MR) is 74.0 cm³/mol. The maximum Gasteiger partial charge on any atom is 0.334 e. The average molecular weight is 280 g/mol. The quantitative estimate of drug-likeness (QED) is 0.590. The summed E-state index contributed by atoms with van der Waals surface area (Å²) in [4.78, 5) is 11.8. The number of carbonyl (C=O) groups is 1. The largest absolute Gasteiger partial charge is 0.458 e. The third kappa shape index (κ3) is 1.77. The first-order valence-electron chi connectivity index (χ1n) is 7.47. The molecule has 1 aliphatic heterocycles. The number of methoxy groups -OCH3 is 1. The number of fused-ring (bicyclic) bond motifs is 3. The topological polar surface area (TPSA) is 55.8 Å². The highest BCUT2D eigenvalue weighted by molar-refractivity contribution is 5.90. The molecule has 0 radical (unpaired) electrons. The molecular formula is C16H24O4. The molecule has 2 saturated carbocycles. The van der Waals surface area contributed by atoms with Gasteiger partial charge in [0.25, 0.3) is 0 Å². The van der Waals surface area contributed by atoms with E-state index >= 15 is 0 Å². The monoisotopic (exact) mass is 280 g/mol. The standard InChI is InChI=1S/C16H24O4/c1-9-10-5-8-16(3,19-4)11-6-7-15(2,18)12(11)13(10)20-14(9)17/h10-13,18H,1,5-8H2,2-4H3/t10-,11+,12-,13+,15+,16+/m0/s1. The van der Waals surface area contributed by atoms with E-state index in [1.54, 1.807) is 7.11 Å². The first kappa shape index (κ1) is 14.1. The Balaban J connectivity index is 2.04. The molecule has 112 valence electrons. The van der Waals surface area contributed by atoms with Gasteiger partial charge in [-0.2, -0.15) is 0 Å². The molecule has 4 nitrogen and oxygen atoms in total. The molecule has 0 aromatic carbocycles. The molecule has 3 aliphatic rings. The molecule has 6 atom stereocenters. The van der Waals surface area contributed by atoms with Crippen LogP contribution in [-0.2, 0) is 14.3 Å². The highest BCUT2D eigenvalue weighted by Gasteiger charge is 2.61. The minimum absolute atomic E-state index is 0.0246. The first-order chi connectivity index (χ1) is 9.30. The fourth-order valence-electron chi connectivity index (χ4n) is 4.67. The number of hydrogen-bond donors (Lipinski definition) is 1. The van der Waals surface area contributed by atoms with Crippen LogP contribution < -0.4 is 0 Å². The van der Waals surface area contributed by atoms with E-state index in [1.165, 1.54) is 0 Å². The summed E-state index contributed by atoms with van der Waals surface area (Å²) in [5.74, 6) is -0.113. The van der Waals surface area contributed by atoms with Crippen LogP contribution in [-0.4, -0.2) is 35.5 Å². The van der Waals surface area contributed by atoms with Crippen LogP contribution in [0.15, 0.2) is 12.2 Å². The number of rotatable bonds is 1. The third-order valence-electron chi connectivity index (χ3n) is 6.02. The van der Waals surface area contributed by atoms with Crippen molar-refractivity contribution in [2.24, 2.45) is 17.8 Å². The van der Waals surface area contributed by atoms with Gasteiger partial charge in [0, 0.05) is 24.5 Å². The number of aliphatic hydroxyl groups is 1. The number of carbonyl (C=O) groups excluding carboxylic acids is 1. The minimum atomic E-state index is -0.803. The first-order valence-corrected chi connectivity index (χ1v) is 7.47. The maximum absolute atomic E-state index is 11.8. The Kier molecular flexibility index (Phi) is 3.04.